The monoisotopic (exact) mass is 413 g/mol. The fourth-order valence-corrected chi connectivity index (χ4v) is 3.03. The number of nitrogens with one attached hydrogen (secondary N) is 1. The Bertz CT molecular complexity index is 1080. The van der Waals surface area contributed by atoms with E-state index < -0.39 is 28.2 Å². The second-order valence-electron chi connectivity index (χ2n) is 6.14. The minimum Gasteiger partial charge on any atom is -0.500 e. The zero-order valence-corrected chi connectivity index (χ0v) is 16.1. The highest BCUT2D eigenvalue weighted by Crippen LogP contribution is 2.37. The van der Waals surface area contributed by atoms with Gasteiger partial charge in [-0.25, -0.2) is 0 Å². The SMILES string of the molecule is COc1cc(/C=C2/C(=O)NC(=S)N(c3ccc(C)cc3)C2=O)cc([N+](=O)[O-])c1O. The van der Waals surface area contributed by atoms with Crippen LogP contribution in [0.4, 0.5) is 11.4 Å². The van der Waals surface area contributed by atoms with E-state index in [1.54, 1.807) is 24.3 Å². The van der Waals surface area contributed by atoms with Crippen molar-refractivity contribution in [1.82, 2.24) is 5.32 Å². The summed E-state index contributed by atoms with van der Waals surface area (Å²) in [6, 6.07) is 9.26. The van der Waals surface area contributed by atoms with Gasteiger partial charge in [-0.1, -0.05) is 17.7 Å². The molecule has 29 heavy (non-hydrogen) atoms. The summed E-state index contributed by atoms with van der Waals surface area (Å²) < 4.78 is 4.94. The molecule has 0 aliphatic carbocycles. The summed E-state index contributed by atoms with van der Waals surface area (Å²) >= 11 is 5.13. The Morgan fingerprint density at radius 1 is 1.24 bits per heavy atom. The van der Waals surface area contributed by atoms with Crippen molar-refractivity contribution >= 4 is 46.6 Å². The molecule has 9 nitrogen and oxygen atoms in total. The van der Waals surface area contributed by atoms with E-state index in [1.807, 2.05) is 6.92 Å². The number of hydrogen-bond donors (Lipinski definition) is 2. The molecule has 10 heteroatoms. The van der Waals surface area contributed by atoms with Gasteiger partial charge < -0.3 is 9.84 Å². The second kappa shape index (κ2) is 7.68. The highest BCUT2D eigenvalue weighted by Gasteiger charge is 2.34. The van der Waals surface area contributed by atoms with Crippen LogP contribution in [0.15, 0.2) is 42.0 Å². The lowest BCUT2D eigenvalue weighted by atomic mass is 10.1. The zero-order chi connectivity index (χ0) is 21.3. The standard InChI is InChI=1S/C19H15N3O6S/c1-10-3-5-12(6-4-10)21-18(25)13(17(24)20-19(21)29)7-11-8-14(22(26)27)16(23)15(9-11)28-2/h3-9,23H,1-2H3,(H,20,24,29)/b13-7-. The van der Waals surface area contributed by atoms with E-state index >= 15 is 0 Å². The minimum absolute atomic E-state index is 0.0738. The van der Waals surface area contributed by atoms with Crippen molar-refractivity contribution < 1.29 is 24.4 Å². The highest BCUT2D eigenvalue weighted by atomic mass is 32.1. The van der Waals surface area contributed by atoms with Crippen LogP contribution < -0.4 is 15.0 Å². The number of benzene rings is 2. The molecule has 1 aliphatic rings. The van der Waals surface area contributed by atoms with Crippen LogP contribution in [0, 0.1) is 17.0 Å². The number of nitrogens with zero attached hydrogens (tertiary/aromatic N) is 2. The summed E-state index contributed by atoms with van der Waals surface area (Å²) in [5, 5.41) is 23.4. The molecule has 0 spiro atoms. The molecule has 148 valence electrons. The number of carbonyl (C=O) groups is 2. The van der Waals surface area contributed by atoms with Crippen molar-refractivity contribution in [1.29, 1.82) is 0 Å². The Hall–Kier alpha value is -3.79. The Morgan fingerprint density at radius 3 is 2.48 bits per heavy atom. The zero-order valence-electron chi connectivity index (χ0n) is 15.3. The van der Waals surface area contributed by atoms with Gasteiger partial charge in [0, 0.05) is 6.07 Å². The van der Waals surface area contributed by atoms with E-state index in [1.165, 1.54) is 19.3 Å². The summed E-state index contributed by atoms with van der Waals surface area (Å²) in [5.41, 5.74) is 0.673. The average Bonchev–Trinajstić information content (AvgIpc) is 2.67. The maximum absolute atomic E-state index is 13.0. The summed E-state index contributed by atoms with van der Waals surface area (Å²) in [7, 11) is 1.23. The second-order valence-corrected chi connectivity index (χ2v) is 6.53. The van der Waals surface area contributed by atoms with Crippen LogP contribution in [0.3, 0.4) is 0 Å². The largest absolute Gasteiger partial charge is 0.500 e. The van der Waals surface area contributed by atoms with Crippen molar-refractivity contribution in [3.05, 3.63) is 63.2 Å². The van der Waals surface area contributed by atoms with Gasteiger partial charge in [0.2, 0.25) is 5.75 Å². The maximum Gasteiger partial charge on any atom is 0.315 e. The molecule has 0 radical (unpaired) electrons. The average molecular weight is 413 g/mol. The van der Waals surface area contributed by atoms with Crippen LogP contribution in [-0.4, -0.2) is 34.1 Å². The number of rotatable bonds is 4. The lowest BCUT2D eigenvalue weighted by Crippen LogP contribution is -2.54. The van der Waals surface area contributed by atoms with Crippen molar-refractivity contribution in [3.8, 4) is 11.5 Å². The number of hydrogen-bond acceptors (Lipinski definition) is 7. The van der Waals surface area contributed by atoms with E-state index in [2.05, 4.69) is 5.32 Å². The Balaban J connectivity index is 2.08. The first-order valence-electron chi connectivity index (χ1n) is 8.26. The molecule has 2 aromatic carbocycles. The Labute approximate surface area is 170 Å². The van der Waals surface area contributed by atoms with Crippen molar-refractivity contribution in [2.75, 3.05) is 12.0 Å². The summed E-state index contributed by atoms with van der Waals surface area (Å²) in [4.78, 5) is 36.9. The van der Waals surface area contributed by atoms with Gasteiger partial charge >= 0.3 is 5.69 Å². The molecule has 3 rings (SSSR count). The molecular formula is C19H15N3O6S. The van der Waals surface area contributed by atoms with Gasteiger partial charge in [-0.3, -0.25) is 29.9 Å². The number of thiocarbonyl (C=S) groups is 1. The number of amides is 2. The van der Waals surface area contributed by atoms with Crippen LogP contribution in [0.25, 0.3) is 6.08 Å². The van der Waals surface area contributed by atoms with Crippen LogP contribution in [-0.2, 0) is 9.59 Å². The molecule has 1 heterocycles. The fraction of sp³-hybridized carbons (Fsp3) is 0.105. The summed E-state index contributed by atoms with van der Waals surface area (Å²) in [6.45, 7) is 1.89. The van der Waals surface area contributed by atoms with Crippen LogP contribution in [0.2, 0.25) is 0 Å². The fourth-order valence-electron chi connectivity index (χ4n) is 2.74. The maximum atomic E-state index is 13.0. The number of methoxy groups -OCH3 is 1. The van der Waals surface area contributed by atoms with Gasteiger partial charge in [0.05, 0.1) is 17.7 Å². The quantitative estimate of drug-likeness (QED) is 0.260. The molecule has 2 N–H and O–H groups in total. The first-order chi connectivity index (χ1) is 13.7. The number of carbonyl (C=O) groups excluding carboxylic acids is 2. The van der Waals surface area contributed by atoms with Crippen LogP contribution >= 0.6 is 12.2 Å². The number of nitro benzene ring substituents is 1. The molecule has 0 aromatic heterocycles. The molecule has 0 atom stereocenters. The molecule has 1 aliphatic heterocycles. The van der Waals surface area contributed by atoms with E-state index in [9.17, 15) is 24.8 Å². The first-order valence-corrected chi connectivity index (χ1v) is 8.67. The summed E-state index contributed by atoms with van der Waals surface area (Å²) in [6.07, 6.45) is 1.18. The van der Waals surface area contributed by atoms with E-state index in [0.717, 1.165) is 16.5 Å². The van der Waals surface area contributed by atoms with Gasteiger partial charge in [0.15, 0.2) is 10.9 Å². The molecule has 0 saturated carbocycles. The van der Waals surface area contributed by atoms with Crippen molar-refractivity contribution in [3.63, 3.8) is 0 Å². The van der Waals surface area contributed by atoms with Gasteiger partial charge in [-0.15, -0.1) is 0 Å². The number of phenolic OH excluding ortho intramolecular Hbond substituents is 1. The summed E-state index contributed by atoms with van der Waals surface area (Å²) in [5.74, 6) is -2.24. The Kier molecular flexibility index (Phi) is 5.29. The van der Waals surface area contributed by atoms with Crippen molar-refractivity contribution in [2.45, 2.75) is 6.92 Å². The lowest BCUT2D eigenvalue weighted by Gasteiger charge is -2.29. The van der Waals surface area contributed by atoms with E-state index in [4.69, 9.17) is 17.0 Å². The predicted octanol–water partition coefficient (Wildman–Crippen LogP) is 2.45. The van der Waals surface area contributed by atoms with Crippen LogP contribution in [0.1, 0.15) is 11.1 Å². The molecule has 0 bridgehead atoms. The number of aromatic hydroxyl groups is 1. The van der Waals surface area contributed by atoms with Gasteiger partial charge in [-0.05, 0) is 49.0 Å². The Morgan fingerprint density at radius 2 is 1.90 bits per heavy atom. The number of anilines is 1. The molecule has 2 aromatic rings. The number of phenols is 1. The van der Waals surface area contributed by atoms with Crippen molar-refractivity contribution in [2.24, 2.45) is 0 Å². The third kappa shape index (κ3) is 3.78. The van der Waals surface area contributed by atoms with E-state index in [0.29, 0.717) is 5.69 Å². The number of ether oxygens (including phenoxy) is 1. The molecular weight excluding hydrogens is 398 g/mol. The lowest BCUT2D eigenvalue weighted by molar-refractivity contribution is -0.386. The molecule has 2 amide bonds. The molecule has 1 saturated heterocycles. The first kappa shape index (κ1) is 20.0. The normalized spacial score (nSPS) is 15.4. The smallest absolute Gasteiger partial charge is 0.315 e. The number of aryl methyl sites for hydroxylation is 1. The van der Waals surface area contributed by atoms with Gasteiger partial charge in [0.1, 0.15) is 5.57 Å². The third-order valence-corrected chi connectivity index (χ3v) is 4.48. The third-order valence-electron chi connectivity index (χ3n) is 4.20. The molecule has 0 unspecified atom stereocenters. The minimum atomic E-state index is -0.795. The number of nitro groups is 1. The van der Waals surface area contributed by atoms with Crippen LogP contribution in [0.5, 0.6) is 11.5 Å². The topological polar surface area (TPSA) is 122 Å². The van der Waals surface area contributed by atoms with Gasteiger partial charge in [-0.2, -0.15) is 0 Å². The predicted molar refractivity (Wildman–Crippen MR) is 109 cm³/mol. The molecule has 1 fully saturated rings. The highest BCUT2D eigenvalue weighted by molar-refractivity contribution is 7.80. The van der Waals surface area contributed by atoms with Gasteiger partial charge in [0.25, 0.3) is 11.8 Å². The van der Waals surface area contributed by atoms with E-state index in [-0.39, 0.29) is 22.0 Å².